The Morgan fingerprint density at radius 2 is 1.68 bits per heavy atom. The first-order chi connectivity index (χ1) is 9.00. The van der Waals surface area contributed by atoms with E-state index in [2.05, 4.69) is 0 Å². The molecule has 19 heavy (non-hydrogen) atoms. The molecule has 3 nitrogen and oxygen atoms in total. The second-order valence-corrected chi connectivity index (χ2v) is 5.71. The number of aliphatic hydroxyl groups is 2. The molecule has 0 bridgehead atoms. The van der Waals surface area contributed by atoms with Crippen LogP contribution in [0.15, 0.2) is 11.8 Å². The van der Waals surface area contributed by atoms with Crippen LogP contribution in [-0.2, 0) is 0 Å². The van der Waals surface area contributed by atoms with Gasteiger partial charge in [-0.1, -0.05) is 53.0 Å². The van der Waals surface area contributed by atoms with Crippen molar-refractivity contribution in [1.29, 1.82) is 0 Å². The summed E-state index contributed by atoms with van der Waals surface area (Å²) in [7, 11) is 0. The zero-order chi connectivity index (χ0) is 14.8. The molecular weight excluding hydrogens is 238 g/mol. The molecule has 1 aliphatic carbocycles. The Morgan fingerprint density at radius 1 is 1.16 bits per heavy atom. The van der Waals surface area contributed by atoms with Crippen molar-refractivity contribution >= 4 is 0 Å². The first kappa shape index (κ1) is 18.5. The Morgan fingerprint density at radius 3 is 2.16 bits per heavy atom. The highest BCUT2D eigenvalue weighted by atomic mass is 16.3. The van der Waals surface area contributed by atoms with E-state index in [9.17, 15) is 10.2 Å². The van der Waals surface area contributed by atoms with E-state index >= 15 is 0 Å². The smallest absolute Gasteiger partial charge is 0.119 e. The van der Waals surface area contributed by atoms with Crippen LogP contribution in [0.25, 0.3) is 0 Å². The number of allylic oxidation sites excluding steroid dienone is 1. The second kappa shape index (κ2) is 10.3. The fraction of sp³-hybridized carbons (Fsp3) is 0.875. The van der Waals surface area contributed by atoms with Crippen LogP contribution in [0.5, 0.6) is 0 Å². The fourth-order valence-electron chi connectivity index (χ4n) is 2.51. The third-order valence-electron chi connectivity index (χ3n) is 3.50. The summed E-state index contributed by atoms with van der Waals surface area (Å²) in [5.41, 5.74) is 6.32. The summed E-state index contributed by atoms with van der Waals surface area (Å²) in [6.07, 6.45) is 7.03. The highest BCUT2D eigenvalue weighted by Crippen LogP contribution is 2.26. The van der Waals surface area contributed by atoms with E-state index in [0.29, 0.717) is 24.0 Å². The molecule has 0 heterocycles. The molecule has 3 heteroatoms. The monoisotopic (exact) mass is 271 g/mol. The number of aliphatic hydroxyl groups excluding tert-OH is 2. The van der Waals surface area contributed by atoms with E-state index in [1.54, 1.807) is 0 Å². The number of nitrogens with two attached hydrogens (primary N) is 1. The largest absolute Gasteiger partial charge is 0.400 e. The highest BCUT2D eigenvalue weighted by molar-refractivity contribution is 5.08. The van der Waals surface area contributed by atoms with E-state index in [4.69, 9.17) is 5.73 Å². The van der Waals surface area contributed by atoms with Crippen LogP contribution < -0.4 is 5.73 Å². The predicted molar refractivity (Wildman–Crippen MR) is 81.7 cm³/mol. The van der Waals surface area contributed by atoms with Crippen molar-refractivity contribution in [2.45, 2.75) is 78.4 Å². The third kappa shape index (κ3) is 7.58. The van der Waals surface area contributed by atoms with E-state index in [0.717, 1.165) is 12.8 Å². The molecule has 0 spiro atoms. The number of rotatable bonds is 5. The minimum atomic E-state index is -0.903. The van der Waals surface area contributed by atoms with E-state index < -0.39 is 12.2 Å². The second-order valence-electron chi connectivity index (χ2n) is 5.71. The average Bonchev–Trinajstić information content (AvgIpc) is 2.40. The standard InChI is InChI=1S/C14H27NO2.C2H6/c1-10(2)8-13(16)14(17)12(15)9-11-6-4-3-5-7-11;1-2/h9-11,13-14,16-17H,3-8,15H2,1-2H3;1-2H3/b12-9+;. The van der Waals surface area contributed by atoms with Crippen molar-refractivity contribution in [3.63, 3.8) is 0 Å². The molecule has 2 atom stereocenters. The van der Waals surface area contributed by atoms with Crippen LogP contribution >= 0.6 is 0 Å². The Bertz CT molecular complexity index is 245. The van der Waals surface area contributed by atoms with Crippen molar-refractivity contribution in [1.82, 2.24) is 0 Å². The lowest BCUT2D eigenvalue weighted by Gasteiger charge is -2.23. The zero-order valence-corrected chi connectivity index (χ0v) is 13.1. The first-order valence-electron chi connectivity index (χ1n) is 7.84. The van der Waals surface area contributed by atoms with Gasteiger partial charge in [-0.25, -0.2) is 0 Å². The lowest BCUT2D eigenvalue weighted by Crippen LogP contribution is -2.33. The molecule has 0 aromatic carbocycles. The molecule has 0 aliphatic heterocycles. The maximum absolute atomic E-state index is 9.92. The number of hydrogen-bond acceptors (Lipinski definition) is 3. The van der Waals surface area contributed by atoms with E-state index in [1.165, 1.54) is 19.3 Å². The summed E-state index contributed by atoms with van der Waals surface area (Å²) in [5.74, 6) is 0.854. The highest BCUT2D eigenvalue weighted by Gasteiger charge is 2.21. The summed E-state index contributed by atoms with van der Waals surface area (Å²) in [6, 6.07) is 0. The van der Waals surface area contributed by atoms with Crippen molar-refractivity contribution < 1.29 is 10.2 Å². The lowest BCUT2D eigenvalue weighted by molar-refractivity contribution is 0.0274. The minimum Gasteiger partial charge on any atom is -0.400 e. The molecule has 0 aromatic heterocycles. The van der Waals surface area contributed by atoms with Crippen molar-refractivity contribution in [2.75, 3.05) is 0 Å². The zero-order valence-electron chi connectivity index (χ0n) is 13.1. The third-order valence-corrected chi connectivity index (χ3v) is 3.50. The van der Waals surface area contributed by atoms with Gasteiger partial charge in [0.05, 0.1) is 6.10 Å². The Balaban J connectivity index is 0.00000154. The van der Waals surface area contributed by atoms with E-state index in [1.807, 2.05) is 33.8 Å². The summed E-state index contributed by atoms with van der Waals surface area (Å²) in [4.78, 5) is 0. The summed E-state index contributed by atoms with van der Waals surface area (Å²) in [6.45, 7) is 8.05. The van der Waals surface area contributed by atoms with Gasteiger partial charge in [0.25, 0.3) is 0 Å². The van der Waals surface area contributed by atoms with Gasteiger partial charge in [0.1, 0.15) is 6.10 Å². The van der Waals surface area contributed by atoms with Crippen molar-refractivity contribution in [3.05, 3.63) is 11.8 Å². The topological polar surface area (TPSA) is 66.5 Å². The molecule has 4 N–H and O–H groups in total. The molecule has 0 amide bonds. The maximum atomic E-state index is 9.92. The first-order valence-corrected chi connectivity index (χ1v) is 7.84. The Labute approximate surface area is 118 Å². The van der Waals surface area contributed by atoms with Gasteiger partial charge in [0.2, 0.25) is 0 Å². The quantitative estimate of drug-likeness (QED) is 0.719. The normalized spacial score (nSPS) is 20.7. The van der Waals surface area contributed by atoms with Crippen molar-refractivity contribution in [3.8, 4) is 0 Å². The van der Waals surface area contributed by atoms with Gasteiger partial charge < -0.3 is 15.9 Å². The van der Waals surface area contributed by atoms with Gasteiger partial charge in [0.15, 0.2) is 0 Å². The predicted octanol–water partition coefficient (Wildman–Crippen LogP) is 3.20. The van der Waals surface area contributed by atoms with Gasteiger partial charge in [-0.3, -0.25) is 0 Å². The Kier molecular flexibility index (Phi) is 9.98. The molecule has 114 valence electrons. The van der Waals surface area contributed by atoms with Crippen LogP contribution in [0, 0.1) is 11.8 Å². The average molecular weight is 271 g/mol. The lowest BCUT2D eigenvalue weighted by atomic mass is 9.87. The minimum absolute atomic E-state index is 0.363. The van der Waals surface area contributed by atoms with Gasteiger partial charge in [-0.05, 0) is 31.1 Å². The molecule has 1 rings (SSSR count). The molecule has 2 unspecified atom stereocenters. The molecule has 0 aromatic rings. The maximum Gasteiger partial charge on any atom is 0.119 e. The van der Waals surface area contributed by atoms with Crippen LogP contribution in [0.1, 0.15) is 66.2 Å². The number of hydrogen-bond donors (Lipinski definition) is 3. The molecule has 1 aliphatic rings. The molecule has 0 saturated heterocycles. The molecule has 1 fully saturated rings. The van der Waals surface area contributed by atoms with Crippen molar-refractivity contribution in [2.24, 2.45) is 17.6 Å². The van der Waals surface area contributed by atoms with Crippen LogP contribution in [0.2, 0.25) is 0 Å². The molecule has 0 radical (unpaired) electrons. The van der Waals surface area contributed by atoms with Gasteiger partial charge in [-0.2, -0.15) is 0 Å². The fourth-order valence-corrected chi connectivity index (χ4v) is 2.51. The summed E-state index contributed by atoms with van der Waals surface area (Å²) in [5, 5.41) is 19.7. The van der Waals surface area contributed by atoms with Gasteiger partial charge in [-0.15, -0.1) is 0 Å². The van der Waals surface area contributed by atoms with Crippen LogP contribution in [-0.4, -0.2) is 22.4 Å². The van der Waals surface area contributed by atoms with E-state index in [-0.39, 0.29) is 0 Å². The SMILES string of the molecule is CC.CC(C)CC(O)C(O)/C(N)=C\C1CCCCC1. The van der Waals surface area contributed by atoms with Crippen LogP contribution in [0.3, 0.4) is 0 Å². The summed E-state index contributed by atoms with van der Waals surface area (Å²) < 4.78 is 0. The Hall–Kier alpha value is -0.540. The molecule has 1 saturated carbocycles. The summed E-state index contributed by atoms with van der Waals surface area (Å²) >= 11 is 0. The van der Waals surface area contributed by atoms with Gasteiger partial charge >= 0.3 is 0 Å². The van der Waals surface area contributed by atoms with Crippen LogP contribution in [0.4, 0.5) is 0 Å². The molecular formula is C16H33NO2. The van der Waals surface area contributed by atoms with Gasteiger partial charge in [0, 0.05) is 5.70 Å².